The molecule has 0 spiro atoms. The Morgan fingerprint density at radius 3 is 2.70 bits per heavy atom. The van der Waals surface area contributed by atoms with Gasteiger partial charge in [-0.1, -0.05) is 12.1 Å². The van der Waals surface area contributed by atoms with E-state index >= 15 is 0 Å². The highest BCUT2D eigenvalue weighted by Crippen LogP contribution is 2.24. The highest BCUT2D eigenvalue weighted by atomic mass is 32.1. The zero-order valence-electron chi connectivity index (χ0n) is 14.8. The molecule has 0 fully saturated rings. The molecule has 140 valence electrons. The molecular weight excluding hydrogens is 367 g/mol. The van der Waals surface area contributed by atoms with E-state index in [9.17, 15) is 9.18 Å². The van der Waals surface area contributed by atoms with Crippen LogP contribution in [0.5, 0.6) is 11.5 Å². The Morgan fingerprint density at radius 2 is 1.96 bits per heavy atom. The van der Waals surface area contributed by atoms with Gasteiger partial charge < -0.3 is 14.8 Å². The zero-order valence-corrected chi connectivity index (χ0v) is 15.6. The summed E-state index contributed by atoms with van der Waals surface area (Å²) in [6.45, 7) is 0.759. The maximum absolute atomic E-state index is 13.3. The number of carbonyl (C=O) groups is 1. The van der Waals surface area contributed by atoms with Gasteiger partial charge in [0, 0.05) is 10.9 Å². The van der Waals surface area contributed by atoms with E-state index in [1.165, 1.54) is 23.5 Å². The summed E-state index contributed by atoms with van der Waals surface area (Å²) in [6.07, 6.45) is 0.175. The van der Waals surface area contributed by atoms with Crippen LogP contribution in [0.25, 0.3) is 10.6 Å². The van der Waals surface area contributed by atoms with E-state index < -0.39 is 0 Å². The van der Waals surface area contributed by atoms with Gasteiger partial charge >= 0.3 is 0 Å². The number of methoxy groups -OCH3 is 1. The van der Waals surface area contributed by atoms with Crippen molar-refractivity contribution in [1.29, 1.82) is 0 Å². The largest absolute Gasteiger partial charge is 0.497 e. The van der Waals surface area contributed by atoms with Gasteiger partial charge in [0.1, 0.15) is 28.9 Å². The second-order valence-electron chi connectivity index (χ2n) is 5.71. The van der Waals surface area contributed by atoms with Crippen molar-refractivity contribution >= 4 is 17.2 Å². The topological polar surface area (TPSA) is 60.5 Å². The third-order valence-corrected chi connectivity index (χ3v) is 4.66. The number of nitrogens with zero attached hydrogens (tertiary/aromatic N) is 1. The summed E-state index contributed by atoms with van der Waals surface area (Å²) in [5, 5.41) is 5.31. The Balaban J connectivity index is 1.43. The van der Waals surface area contributed by atoms with Crippen LogP contribution in [0.15, 0.2) is 53.9 Å². The Bertz CT molecular complexity index is 896. The number of ether oxygens (including phenoxy) is 2. The van der Waals surface area contributed by atoms with Crippen LogP contribution in [-0.4, -0.2) is 31.2 Å². The summed E-state index contributed by atoms with van der Waals surface area (Å²) in [4.78, 5) is 16.4. The molecule has 3 aromatic rings. The molecule has 1 heterocycles. The van der Waals surface area contributed by atoms with Crippen molar-refractivity contribution in [2.24, 2.45) is 0 Å². The third-order valence-electron chi connectivity index (χ3n) is 3.72. The van der Waals surface area contributed by atoms with Gasteiger partial charge in [-0.25, -0.2) is 9.37 Å². The van der Waals surface area contributed by atoms with Crippen LogP contribution in [0.3, 0.4) is 0 Å². The number of hydrogen-bond donors (Lipinski definition) is 1. The van der Waals surface area contributed by atoms with E-state index in [4.69, 9.17) is 9.47 Å². The summed E-state index contributed by atoms with van der Waals surface area (Å²) >= 11 is 1.39. The molecule has 0 aliphatic heterocycles. The molecule has 0 saturated heterocycles. The SMILES string of the molecule is COc1ccc(OCCNC(=O)Cc2csc(-c3cccc(F)c3)n2)cc1. The highest BCUT2D eigenvalue weighted by Gasteiger charge is 2.09. The molecule has 3 rings (SSSR count). The van der Waals surface area contributed by atoms with E-state index in [2.05, 4.69) is 10.3 Å². The monoisotopic (exact) mass is 386 g/mol. The Hall–Kier alpha value is -2.93. The molecule has 27 heavy (non-hydrogen) atoms. The van der Waals surface area contributed by atoms with Crippen molar-refractivity contribution in [2.45, 2.75) is 6.42 Å². The van der Waals surface area contributed by atoms with Crippen LogP contribution in [0, 0.1) is 5.82 Å². The molecule has 0 aliphatic carbocycles. The van der Waals surface area contributed by atoms with E-state index in [0.717, 1.165) is 5.75 Å². The molecule has 0 aliphatic rings. The minimum Gasteiger partial charge on any atom is -0.497 e. The van der Waals surface area contributed by atoms with Crippen LogP contribution < -0.4 is 14.8 Å². The van der Waals surface area contributed by atoms with E-state index in [0.29, 0.717) is 35.2 Å². The van der Waals surface area contributed by atoms with Crippen molar-refractivity contribution in [3.63, 3.8) is 0 Å². The van der Waals surface area contributed by atoms with Gasteiger partial charge in [-0.2, -0.15) is 0 Å². The smallest absolute Gasteiger partial charge is 0.226 e. The standard InChI is InChI=1S/C20H19FN2O3S/c1-25-17-5-7-18(8-6-17)26-10-9-22-19(24)12-16-13-27-20(23-16)14-3-2-4-15(21)11-14/h2-8,11,13H,9-10,12H2,1H3,(H,22,24). The van der Waals surface area contributed by atoms with Gasteiger partial charge in [-0.15, -0.1) is 11.3 Å². The lowest BCUT2D eigenvalue weighted by Crippen LogP contribution is -2.29. The van der Waals surface area contributed by atoms with Gasteiger partial charge in [-0.3, -0.25) is 4.79 Å². The summed E-state index contributed by atoms with van der Waals surface area (Å²) in [7, 11) is 1.61. The molecule has 1 amide bonds. The van der Waals surface area contributed by atoms with Crippen LogP contribution in [0.1, 0.15) is 5.69 Å². The molecule has 7 heteroatoms. The molecule has 0 saturated carbocycles. The van der Waals surface area contributed by atoms with Crippen molar-refractivity contribution < 1.29 is 18.7 Å². The third kappa shape index (κ3) is 5.52. The zero-order chi connectivity index (χ0) is 19.1. The predicted molar refractivity (Wildman–Crippen MR) is 103 cm³/mol. The molecule has 0 atom stereocenters. The molecule has 2 aromatic carbocycles. The summed E-state index contributed by atoms with van der Waals surface area (Å²) in [6, 6.07) is 13.5. The van der Waals surface area contributed by atoms with Crippen LogP contribution in [-0.2, 0) is 11.2 Å². The van der Waals surface area contributed by atoms with Gasteiger partial charge in [0.15, 0.2) is 0 Å². The van der Waals surface area contributed by atoms with Crippen molar-refractivity contribution in [3.05, 3.63) is 65.4 Å². The number of rotatable bonds is 8. The number of halogens is 1. The normalized spacial score (nSPS) is 10.4. The number of hydrogen-bond acceptors (Lipinski definition) is 5. The lowest BCUT2D eigenvalue weighted by molar-refractivity contribution is -0.120. The van der Waals surface area contributed by atoms with Gasteiger partial charge in [0.25, 0.3) is 0 Å². The number of thiazole rings is 1. The highest BCUT2D eigenvalue weighted by molar-refractivity contribution is 7.13. The number of amides is 1. The Morgan fingerprint density at radius 1 is 1.19 bits per heavy atom. The molecule has 5 nitrogen and oxygen atoms in total. The fourth-order valence-electron chi connectivity index (χ4n) is 2.40. The fourth-order valence-corrected chi connectivity index (χ4v) is 3.22. The van der Waals surface area contributed by atoms with Gasteiger partial charge in [0.05, 0.1) is 25.8 Å². The second kappa shape index (κ2) is 9.14. The maximum Gasteiger partial charge on any atom is 0.226 e. The molecule has 1 N–H and O–H groups in total. The first kappa shape index (κ1) is 18.8. The second-order valence-corrected chi connectivity index (χ2v) is 6.56. The molecule has 0 unspecified atom stereocenters. The van der Waals surface area contributed by atoms with Crippen LogP contribution in [0.4, 0.5) is 4.39 Å². The molecule has 0 radical (unpaired) electrons. The molecule has 1 aromatic heterocycles. The average Bonchev–Trinajstić information content (AvgIpc) is 3.14. The minimum atomic E-state index is -0.307. The van der Waals surface area contributed by atoms with Crippen molar-refractivity contribution in [3.8, 4) is 22.1 Å². The summed E-state index contributed by atoms with van der Waals surface area (Å²) in [5.74, 6) is 1.03. The van der Waals surface area contributed by atoms with Crippen LogP contribution in [0.2, 0.25) is 0 Å². The fraction of sp³-hybridized carbons (Fsp3) is 0.200. The maximum atomic E-state index is 13.3. The first-order chi connectivity index (χ1) is 13.1. The van der Waals surface area contributed by atoms with E-state index in [-0.39, 0.29) is 18.1 Å². The molecular formula is C20H19FN2O3S. The quantitative estimate of drug-likeness (QED) is 0.600. The average molecular weight is 386 g/mol. The van der Waals surface area contributed by atoms with E-state index in [1.807, 2.05) is 29.6 Å². The number of benzene rings is 2. The van der Waals surface area contributed by atoms with Gasteiger partial charge in [0.2, 0.25) is 5.91 Å². The predicted octanol–water partition coefficient (Wildman–Crippen LogP) is 3.70. The molecule has 0 bridgehead atoms. The summed E-state index contributed by atoms with van der Waals surface area (Å²) < 4.78 is 23.9. The van der Waals surface area contributed by atoms with Crippen molar-refractivity contribution in [2.75, 3.05) is 20.3 Å². The van der Waals surface area contributed by atoms with E-state index in [1.54, 1.807) is 19.2 Å². The van der Waals surface area contributed by atoms with Gasteiger partial charge in [-0.05, 0) is 36.4 Å². The first-order valence-corrected chi connectivity index (χ1v) is 9.26. The van der Waals surface area contributed by atoms with Crippen molar-refractivity contribution in [1.82, 2.24) is 10.3 Å². The van der Waals surface area contributed by atoms with Crippen LogP contribution >= 0.6 is 11.3 Å². The lowest BCUT2D eigenvalue weighted by atomic mass is 10.2. The minimum absolute atomic E-state index is 0.135. The Labute approximate surface area is 160 Å². The number of aromatic nitrogens is 1. The summed E-state index contributed by atoms with van der Waals surface area (Å²) in [5.41, 5.74) is 1.37. The first-order valence-electron chi connectivity index (χ1n) is 8.38. The Kier molecular flexibility index (Phi) is 6.38. The lowest BCUT2D eigenvalue weighted by Gasteiger charge is -2.08. The number of nitrogens with one attached hydrogen (secondary N) is 1. The number of carbonyl (C=O) groups excluding carboxylic acids is 1.